The molecule has 6 N–H and O–H groups in total. The molecule has 2 rings (SSSR count). The van der Waals surface area contributed by atoms with Gasteiger partial charge in [0.05, 0.1) is 6.20 Å². The maximum absolute atomic E-state index is 5.55. The Morgan fingerprint density at radius 2 is 1.69 bits per heavy atom. The van der Waals surface area contributed by atoms with Gasteiger partial charge in [0, 0.05) is 0 Å². The van der Waals surface area contributed by atoms with Gasteiger partial charge in [-0.3, -0.25) is 0 Å². The van der Waals surface area contributed by atoms with E-state index in [0.29, 0.717) is 11.0 Å². The Morgan fingerprint density at radius 1 is 0.923 bits per heavy atom. The van der Waals surface area contributed by atoms with Crippen LogP contribution in [0.15, 0.2) is 6.20 Å². The lowest BCUT2D eigenvalue weighted by atomic mass is 10.4. The van der Waals surface area contributed by atoms with Crippen molar-refractivity contribution >= 4 is 28.7 Å². The molecule has 0 aliphatic heterocycles. The number of nitrogens with two attached hydrogens (primary N) is 3. The monoisotopic (exact) mass is 177 g/mol. The number of hydrogen-bond donors (Lipinski definition) is 3. The van der Waals surface area contributed by atoms with Gasteiger partial charge in [-0.1, -0.05) is 0 Å². The molecule has 0 aromatic carbocycles. The zero-order valence-electron chi connectivity index (χ0n) is 6.60. The molecule has 2 aromatic rings. The fourth-order valence-electron chi connectivity index (χ4n) is 0.984. The van der Waals surface area contributed by atoms with E-state index in [2.05, 4.69) is 19.9 Å². The fourth-order valence-corrected chi connectivity index (χ4v) is 0.984. The molecule has 0 unspecified atom stereocenters. The third-order valence-corrected chi connectivity index (χ3v) is 1.50. The minimum Gasteiger partial charge on any atom is -0.382 e. The van der Waals surface area contributed by atoms with E-state index >= 15 is 0 Å². The molecule has 2 heterocycles. The van der Waals surface area contributed by atoms with E-state index in [0.717, 1.165) is 0 Å². The molecule has 0 aliphatic carbocycles. The molecular formula is C6H7N7. The molecule has 0 spiro atoms. The zero-order chi connectivity index (χ0) is 9.42. The van der Waals surface area contributed by atoms with Crippen LogP contribution in [0.1, 0.15) is 0 Å². The molecule has 7 heteroatoms. The molecule has 0 atom stereocenters. The Bertz CT molecular complexity index is 466. The lowest BCUT2D eigenvalue weighted by Gasteiger charge is -2.00. The van der Waals surface area contributed by atoms with Crippen molar-refractivity contribution in [2.45, 2.75) is 0 Å². The number of rotatable bonds is 0. The maximum Gasteiger partial charge on any atom is 0.222 e. The van der Waals surface area contributed by atoms with Gasteiger partial charge in [-0.2, -0.15) is 4.98 Å². The first kappa shape index (κ1) is 7.47. The van der Waals surface area contributed by atoms with Crippen LogP contribution >= 0.6 is 0 Å². The highest BCUT2D eigenvalue weighted by molar-refractivity contribution is 5.84. The van der Waals surface area contributed by atoms with Gasteiger partial charge in [0.15, 0.2) is 5.82 Å². The van der Waals surface area contributed by atoms with E-state index in [4.69, 9.17) is 17.2 Å². The molecule has 0 saturated heterocycles. The van der Waals surface area contributed by atoms with Crippen molar-refractivity contribution in [3.05, 3.63) is 6.20 Å². The average Bonchev–Trinajstić information content (AvgIpc) is 2.06. The van der Waals surface area contributed by atoms with Crippen molar-refractivity contribution in [3.63, 3.8) is 0 Å². The number of aromatic nitrogens is 4. The van der Waals surface area contributed by atoms with Crippen LogP contribution in [0.25, 0.3) is 11.0 Å². The van der Waals surface area contributed by atoms with Crippen LogP contribution in [0.2, 0.25) is 0 Å². The molecule has 0 saturated carbocycles. The van der Waals surface area contributed by atoms with E-state index in [1.807, 2.05) is 0 Å². The molecular weight excluding hydrogens is 170 g/mol. The standard InChI is InChI=1S/C6H7N7/c7-4-3-2(11-6(9)13-4)1-10-5(8)12-3/h1H,(H2,8,10,12)(H4,7,9,11,13). The molecule has 0 radical (unpaired) electrons. The van der Waals surface area contributed by atoms with Crippen molar-refractivity contribution in [1.82, 2.24) is 19.9 Å². The quantitative estimate of drug-likeness (QED) is 0.478. The second-order valence-electron chi connectivity index (χ2n) is 2.43. The summed E-state index contributed by atoms with van der Waals surface area (Å²) in [5.41, 5.74) is 17.2. The van der Waals surface area contributed by atoms with Crippen molar-refractivity contribution in [1.29, 1.82) is 0 Å². The lowest BCUT2D eigenvalue weighted by molar-refractivity contribution is 1.17. The summed E-state index contributed by atoms with van der Waals surface area (Å²) in [5.74, 6) is 0.433. The van der Waals surface area contributed by atoms with E-state index in [1.165, 1.54) is 6.20 Å². The number of nitrogen functional groups attached to an aromatic ring is 3. The molecule has 0 fully saturated rings. The van der Waals surface area contributed by atoms with Crippen molar-refractivity contribution < 1.29 is 0 Å². The van der Waals surface area contributed by atoms with Gasteiger partial charge in [0.2, 0.25) is 11.9 Å². The van der Waals surface area contributed by atoms with Crippen LogP contribution in [-0.2, 0) is 0 Å². The van der Waals surface area contributed by atoms with E-state index in [-0.39, 0.29) is 17.7 Å². The number of hydrogen-bond acceptors (Lipinski definition) is 7. The highest BCUT2D eigenvalue weighted by Crippen LogP contribution is 2.15. The normalized spacial score (nSPS) is 10.5. The minimum atomic E-state index is 0.0957. The van der Waals surface area contributed by atoms with Gasteiger partial charge in [-0.25, -0.2) is 15.0 Å². The molecule has 2 aromatic heterocycles. The first-order chi connectivity index (χ1) is 6.16. The maximum atomic E-state index is 5.55. The Kier molecular flexibility index (Phi) is 1.38. The van der Waals surface area contributed by atoms with Crippen LogP contribution < -0.4 is 17.2 Å². The summed E-state index contributed by atoms with van der Waals surface area (Å²) in [6.07, 6.45) is 1.45. The van der Waals surface area contributed by atoms with Gasteiger partial charge in [-0.05, 0) is 0 Å². The molecule has 66 valence electrons. The summed E-state index contributed by atoms with van der Waals surface area (Å²) in [7, 11) is 0. The first-order valence-corrected chi connectivity index (χ1v) is 3.48. The Labute approximate surface area is 73.0 Å². The summed E-state index contributed by atoms with van der Waals surface area (Å²) < 4.78 is 0. The van der Waals surface area contributed by atoms with Gasteiger partial charge in [0.25, 0.3) is 0 Å². The number of fused-ring (bicyclic) bond motifs is 1. The summed E-state index contributed by atoms with van der Waals surface area (Å²) in [6, 6.07) is 0. The van der Waals surface area contributed by atoms with Gasteiger partial charge in [-0.15, -0.1) is 0 Å². The lowest BCUT2D eigenvalue weighted by Crippen LogP contribution is -2.03. The highest BCUT2D eigenvalue weighted by atomic mass is 15.1. The largest absolute Gasteiger partial charge is 0.382 e. The molecule has 13 heavy (non-hydrogen) atoms. The zero-order valence-corrected chi connectivity index (χ0v) is 6.60. The van der Waals surface area contributed by atoms with Crippen LogP contribution in [0, 0.1) is 0 Å². The van der Waals surface area contributed by atoms with Crippen LogP contribution in [0.5, 0.6) is 0 Å². The molecule has 0 aliphatic rings. The average molecular weight is 177 g/mol. The van der Waals surface area contributed by atoms with Crippen LogP contribution in [-0.4, -0.2) is 19.9 Å². The summed E-state index contributed by atoms with van der Waals surface area (Å²) in [6.45, 7) is 0. The molecule has 7 nitrogen and oxygen atoms in total. The van der Waals surface area contributed by atoms with Gasteiger partial charge >= 0.3 is 0 Å². The van der Waals surface area contributed by atoms with E-state index in [1.54, 1.807) is 0 Å². The summed E-state index contributed by atoms with van der Waals surface area (Å²) in [4.78, 5) is 15.3. The predicted octanol–water partition coefficient (Wildman–Crippen LogP) is -0.834. The van der Waals surface area contributed by atoms with Gasteiger partial charge in [0.1, 0.15) is 11.0 Å². The van der Waals surface area contributed by atoms with Crippen molar-refractivity contribution in [3.8, 4) is 0 Å². The summed E-state index contributed by atoms with van der Waals surface area (Å²) >= 11 is 0. The number of nitrogens with zero attached hydrogens (tertiary/aromatic N) is 4. The topological polar surface area (TPSA) is 130 Å². The van der Waals surface area contributed by atoms with Crippen LogP contribution in [0.3, 0.4) is 0 Å². The fraction of sp³-hybridized carbons (Fsp3) is 0. The second-order valence-corrected chi connectivity index (χ2v) is 2.43. The van der Waals surface area contributed by atoms with Gasteiger partial charge < -0.3 is 17.2 Å². The van der Waals surface area contributed by atoms with E-state index in [9.17, 15) is 0 Å². The summed E-state index contributed by atoms with van der Waals surface area (Å²) in [5, 5.41) is 0. The van der Waals surface area contributed by atoms with Crippen molar-refractivity contribution in [2.24, 2.45) is 0 Å². The second kappa shape index (κ2) is 2.41. The SMILES string of the molecule is Nc1nc(N)c2nc(N)ncc2n1. The molecule has 0 bridgehead atoms. The first-order valence-electron chi connectivity index (χ1n) is 3.48. The minimum absolute atomic E-state index is 0.0957. The predicted molar refractivity (Wildman–Crippen MR) is 48.4 cm³/mol. The Morgan fingerprint density at radius 3 is 2.46 bits per heavy atom. The third-order valence-electron chi connectivity index (χ3n) is 1.50. The Balaban J connectivity index is 2.87. The van der Waals surface area contributed by atoms with E-state index < -0.39 is 0 Å². The smallest absolute Gasteiger partial charge is 0.222 e. The van der Waals surface area contributed by atoms with Crippen molar-refractivity contribution in [2.75, 3.05) is 17.2 Å². The Hall–Kier alpha value is -2.18. The highest BCUT2D eigenvalue weighted by Gasteiger charge is 2.04. The molecule has 0 amide bonds. The third kappa shape index (κ3) is 1.15. The van der Waals surface area contributed by atoms with Crippen LogP contribution in [0.4, 0.5) is 17.7 Å². The number of anilines is 3.